The number of phenolic OH excluding ortho intramolecular Hbond substituents is 1. The average molecular weight is 284 g/mol. The molecule has 0 aliphatic rings. The van der Waals surface area contributed by atoms with Crippen molar-refractivity contribution >= 4 is 23.6 Å². The first-order valence-electron chi connectivity index (χ1n) is 6.02. The first-order chi connectivity index (χ1) is 10.1. The summed E-state index contributed by atoms with van der Waals surface area (Å²) in [7, 11) is 0. The van der Waals surface area contributed by atoms with Gasteiger partial charge < -0.3 is 15.5 Å². The number of carbonyl (C=O) groups excluding carboxylic acids is 1. The fourth-order valence-electron chi connectivity index (χ4n) is 1.61. The van der Waals surface area contributed by atoms with E-state index in [2.05, 4.69) is 10.3 Å². The monoisotopic (exact) mass is 284 g/mol. The van der Waals surface area contributed by atoms with Crippen LogP contribution in [0.4, 0.5) is 5.69 Å². The van der Waals surface area contributed by atoms with Crippen LogP contribution in [0.2, 0.25) is 0 Å². The third-order valence-corrected chi connectivity index (χ3v) is 2.59. The van der Waals surface area contributed by atoms with E-state index in [0.29, 0.717) is 0 Å². The number of carbonyl (C=O) groups is 2. The number of pyridine rings is 1. The highest BCUT2D eigenvalue weighted by Crippen LogP contribution is 2.13. The van der Waals surface area contributed by atoms with Gasteiger partial charge in [-0.15, -0.1) is 0 Å². The minimum absolute atomic E-state index is 0.130. The largest absolute Gasteiger partial charge is 0.508 e. The van der Waals surface area contributed by atoms with Crippen molar-refractivity contribution < 1.29 is 19.8 Å². The van der Waals surface area contributed by atoms with Gasteiger partial charge in [-0.3, -0.25) is 4.79 Å². The van der Waals surface area contributed by atoms with Crippen LogP contribution in [0.5, 0.6) is 5.75 Å². The van der Waals surface area contributed by atoms with Crippen molar-refractivity contribution in [2.45, 2.75) is 0 Å². The zero-order chi connectivity index (χ0) is 15.2. The van der Waals surface area contributed by atoms with Gasteiger partial charge >= 0.3 is 5.97 Å². The molecule has 1 aromatic heterocycles. The van der Waals surface area contributed by atoms with Gasteiger partial charge in [0.25, 0.3) is 0 Å². The number of aromatic nitrogens is 1. The zero-order valence-corrected chi connectivity index (χ0v) is 10.9. The SMILES string of the molecule is O=C(/C=C/c1ccc(O)cc1)Nc1cccnc1C(=O)O. The van der Waals surface area contributed by atoms with Crippen LogP contribution in [0.1, 0.15) is 16.1 Å². The Hall–Kier alpha value is -3.15. The van der Waals surface area contributed by atoms with Crippen molar-refractivity contribution in [3.8, 4) is 5.75 Å². The van der Waals surface area contributed by atoms with E-state index in [1.807, 2.05) is 0 Å². The molecule has 1 amide bonds. The molecule has 3 N–H and O–H groups in total. The standard InChI is InChI=1S/C15H12N2O4/c18-11-6-3-10(4-7-11)5-8-13(19)17-12-2-1-9-16-14(12)15(20)21/h1-9,18H,(H,17,19)(H,20,21)/b8-5+. The van der Waals surface area contributed by atoms with Crippen LogP contribution < -0.4 is 5.32 Å². The second-order valence-electron chi connectivity index (χ2n) is 4.12. The second-order valence-corrected chi connectivity index (χ2v) is 4.12. The summed E-state index contributed by atoms with van der Waals surface area (Å²) in [6.45, 7) is 0. The third-order valence-electron chi connectivity index (χ3n) is 2.59. The number of hydrogen-bond donors (Lipinski definition) is 3. The first-order valence-corrected chi connectivity index (χ1v) is 6.02. The van der Waals surface area contributed by atoms with E-state index in [4.69, 9.17) is 10.2 Å². The van der Waals surface area contributed by atoms with Crippen LogP contribution in [0.15, 0.2) is 48.7 Å². The first kappa shape index (κ1) is 14.3. The zero-order valence-electron chi connectivity index (χ0n) is 10.9. The lowest BCUT2D eigenvalue weighted by atomic mass is 10.2. The molecule has 1 heterocycles. The Balaban J connectivity index is 2.08. The van der Waals surface area contributed by atoms with Gasteiger partial charge in [0.15, 0.2) is 5.69 Å². The summed E-state index contributed by atoms with van der Waals surface area (Å²) < 4.78 is 0. The van der Waals surface area contributed by atoms with Gasteiger partial charge in [-0.25, -0.2) is 9.78 Å². The molecule has 0 fully saturated rings. The molecule has 0 aliphatic heterocycles. The summed E-state index contributed by atoms with van der Waals surface area (Å²) >= 11 is 0. The van der Waals surface area contributed by atoms with Crippen molar-refractivity contribution in [1.29, 1.82) is 0 Å². The Labute approximate surface area is 120 Å². The molecule has 0 spiro atoms. The predicted octanol–water partition coefficient (Wildman–Crippen LogP) is 2.14. The smallest absolute Gasteiger partial charge is 0.356 e. The van der Waals surface area contributed by atoms with E-state index in [1.54, 1.807) is 18.2 Å². The molecule has 1 aromatic carbocycles. The predicted molar refractivity (Wildman–Crippen MR) is 77.0 cm³/mol. The van der Waals surface area contributed by atoms with E-state index in [1.165, 1.54) is 36.5 Å². The molecule has 0 bridgehead atoms. The fourth-order valence-corrected chi connectivity index (χ4v) is 1.61. The average Bonchev–Trinajstić information content (AvgIpc) is 2.47. The Morgan fingerprint density at radius 2 is 1.86 bits per heavy atom. The highest BCUT2D eigenvalue weighted by atomic mass is 16.4. The number of hydrogen-bond acceptors (Lipinski definition) is 4. The van der Waals surface area contributed by atoms with E-state index in [9.17, 15) is 9.59 Å². The number of benzene rings is 1. The molecule has 0 aliphatic carbocycles. The van der Waals surface area contributed by atoms with Gasteiger partial charge in [-0.2, -0.15) is 0 Å². The number of nitrogens with one attached hydrogen (secondary N) is 1. The minimum atomic E-state index is -1.21. The second kappa shape index (κ2) is 6.33. The van der Waals surface area contributed by atoms with E-state index >= 15 is 0 Å². The maximum atomic E-state index is 11.8. The number of nitrogens with zero attached hydrogens (tertiary/aromatic N) is 1. The number of aromatic hydroxyl groups is 1. The highest BCUT2D eigenvalue weighted by Gasteiger charge is 2.11. The molecular formula is C15H12N2O4. The number of carboxylic acid groups (broad SMARTS) is 1. The quantitative estimate of drug-likeness (QED) is 0.747. The summed E-state index contributed by atoms with van der Waals surface area (Å²) in [6.07, 6.45) is 4.15. The lowest BCUT2D eigenvalue weighted by molar-refractivity contribution is -0.111. The number of rotatable bonds is 4. The Kier molecular flexibility index (Phi) is 4.30. The molecule has 0 unspecified atom stereocenters. The summed E-state index contributed by atoms with van der Waals surface area (Å²) in [5.41, 5.74) is 0.641. The number of phenols is 1. The van der Waals surface area contributed by atoms with Gasteiger partial charge in [0.2, 0.25) is 5.91 Å². The van der Waals surface area contributed by atoms with Gasteiger partial charge in [-0.05, 0) is 35.9 Å². The van der Waals surface area contributed by atoms with Crippen molar-refractivity contribution in [1.82, 2.24) is 4.98 Å². The summed E-state index contributed by atoms with van der Waals surface area (Å²) in [4.78, 5) is 26.4. The van der Waals surface area contributed by atoms with E-state index in [0.717, 1.165) is 5.56 Å². The number of amides is 1. The Bertz CT molecular complexity index is 693. The maximum absolute atomic E-state index is 11.8. The number of anilines is 1. The fraction of sp³-hybridized carbons (Fsp3) is 0. The summed E-state index contributed by atoms with van der Waals surface area (Å²) in [5, 5.41) is 20.6. The molecule has 106 valence electrons. The molecule has 0 saturated heterocycles. The van der Waals surface area contributed by atoms with Crippen LogP contribution in [0.25, 0.3) is 6.08 Å². The molecule has 2 rings (SSSR count). The summed E-state index contributed by atoms with van der Waals surface area (Å²) in [5.74, 6) is -1.55. The normalized spacial score (nSPS) is 10.5. The van der Waals surface area contributed by atoms with Crippen LogP contribution >= 0.6 is 0 Å². The summed E-state index contributed by atoms with van der Waals surface area (Å²) in [6, 6.07) is 9.29. The molecule has 2 aromatic rings. The molecule has 0 radical (unpaired) electrons. The molecule has 21 heavy (non-hydrogen) atoms. The third kappa shape index (κ3) is 3.90. The van der Waals surface area contributed by atoms with E-state index in [-0.39, 0.29) is 17.1 Å². The maximum Gasteiger partial charge on any atom is 0.356 e. The lowest BCUT2D eigenvalue weighted by Gasteiger charge is -2.04. The van der Waals surface area contributed by atoms with Gasteiger partial charge in [0.1, 0.15) is 5.75 Å². The number of aromatic carboxylic acids is 1. The molecule has 6 nitrogen and oxygen atoms in total. The topological polar surface area (TPSA) is 99.5 Å². The molecule has 0 saturated carbocycles. The van der Waals surface area contributed by atoms with Crippen LogP contribution in [0.3, 0.4) is 0 Å². The minimum Gasteiger partial charge on any atom is -0.508 e. The van der Waals surface area contributed by atoms with Crippen LogP contribution in [-0.2, 0) is 4.79 Å². The van der Waals surface area contributed by atoms with Crippen molar-refractivity contribution in [2.24, 2.45) is 0 Å². The highest BCUT2D eigenvalue weighted by molar-refractivity contribution is 6.05. The Morgan fingerprint density at radius 1 is 1.14 bits per heavy atom. The van der Waals surface area contributed by atoms with Crippen molar-refractivity contribution in [2.75, 3.05) is 5.32 Å². The van der Waals surface area contributed by atoms with Gasteiger partial charge in [0, 0.05) is 12.3 Å². The van der Waals surface area contributed by atoms with Crippen LogP contribution in [-0.4, -0.2) is 27.1 Å². The number of carboxylic acids is 1. The van der Waals surface area contributed by atoms with Crippen molar-refractivity contribution in [3.05, 3.63) is 59.9 Å². The van der Waals surface area contributed by atoms with Crippen molar-refractivity contribution in [3.63, 3.8) is 0 Å². The molecular weight excluding hydrogens is 272 g/mol. The van der Waals surface area contributed by atoms with Gasteiger partial charge in [0.05, 0.1) is 5.69 Å². The molecule has 6 heteroatoms. The lowest BCUT2D eigenvalue weighted by Crippen LogP contribution is -2.13. The van der Waals surface area contributed by atoms with E-state index < -0.39 is 11.9 Å². The molecule has 0 atom stereocenters. The van der Waals surface area contributed by atoms with Crippen LogP contribution in [0, 0.1) is 0 Å². The van der Waals surface area contributed by atoms with Gasteiger partial charge in [-0.1, -0.05) is 12.1 Å². The Morgan fingerprint density at radius 3 is 2.52 bits per heavy atom.